The number of anilines is 1. The van der Waals surface area contributed by atoms with Gasteiger partial charge < -0.3 is 15.5 Å². The predicted octanol–water partition coefficient (Wildman–Crippen LogP) is 4.52. The lowest BCUT2D eigenvalue weighted by Gasteiger charge is -2.36. The molecule has 1 unspecified atom stereocenters. The van der Waals surface area contributed by atoms with Gasteiger partial charge in [0, 0.05) is 17.3 Å². The number of benzene rings is 3. The molecular weight excluding hydrogens is 442 g/mol. The van der Waals surface area contributed by atoms with Crippen LogP contribution in [0.2, 0.25) is 5.02 Å². The van der Waals surface area contributed by atoms with E-state index < -0.39 is 5.54 Å². The molecule has 4 rings (SSSR count). The fourth-order valence-corrected chi connectivity index (χ4v) is 4.45. The average Bonchev–Trinajstić information content (AvgIpc) is 3.04. The molecule has 7 heteroatoms. The van der Waals surface area contributed by atoms with Crippen LogP contribution >= 0.6 is 23.8 Å². The van der Waals surface area contributed by atoms with Gasteiger partial charge in [0.05, 0.1) is 6.42 Å². The van der Waals surface area contributed by atoms with E-state index >= 15 is 0 Å². The molecule has 32 heavy (non-hydrogen) atoms. The Labute approximate surface area is 197 Å². The van der Waals surface area contributed by atoms with Crippen LogP contribution in [0, 0.1) is 0 Å². The third kappa shape index (κ3) is 4.52. The standard InChI is InChI=1S/C25H22ClN3O2S/c26-20-13-11-18(12-14-20)15-16-29-24(32)28-23(31)25(29,19-7-3-1-4-8-19)17-22(30)27-21-9-5-2-6-10-21/h1-14H,15-17H2,(H,27,30)(H,28,31,32). The number of thiocarbonyl (C=S) groups is 1. The Bertz CT molecular complexity index is 1120. The van der Waals surface area contributed by atoms with Crippen molar-refractivity contribution < 1.29 is 9.59 Å². The Balaban J connectivity index is 1.65. The Kier molecular flexibility index (Phi) is 6.53. The van der Waals surface area contributed by atoms with Gasteiger partial charge in [-0.2, -0.15) is 0 Å². The van der Waals surface area contributed by atoms with Crippen molar-refractivity contribution in [3.63, 3.8) is 0 Å². The summed E-state index contributed by atoms with van der Waals surface area (Å²) in [5.41, 5.74) is 1.22. The minimum atomic E-state index is -1.23. The highest BCUT2D eigenvalue weighted by Crippen LogP contribution is 2.37. The molecule has 0 aromatic heterocycles. The summed E-state index contributed by atoms with van der Waals surface area (Å²) < 4.78 is 0. The molecule has 5 nitrogen and oxygen atoms in total. The normalized spacial score (nSPS) is 17.8. The van der Waals surface area contributed by atoms with Gasteiger partial charge in [0.15, 0.2) is 10.7 Å². The van der Waals surface area contributed by atoms with Gasteiger partial charge in [0.25, 0.3) is 5.91 Å². The van der Waals surface area contributed by atoms with Crippen molar-refractivity contribution in [2.75, 3.05) is 11.9 Å². The minimum Gasteiger partial charge on any atom is -0.330 e. The molecule has 3 aromatic rings. The zero-order chi connectivity index (χ0) is 22.6. The molecule has 0 spiro atoms. The molecule has 1 heterocycles. The molecule has 1 saturated heterocycles. The van der Waals surface area contributed by atoms with Crippen LogP contribution < -0.4 is 10.6 Å². The van der Waals surface area contributed by atoms with Crippen LogP contribution in [0.25, 0.3) is 0 Å². The molecule has 1 aliphatic rings. The lowest BCUT2D eigenvalue weighted by atomic mass is 9.84. The van der Waals surface area contributed by atoms with E-state index in [1.54, 1.807) is 0 Å². The fraction of sp³-hybridized carbons (Fsp3) is 0.160. The van der Waals surface area contributed by atoms with Gasteiger partial charge in [0.1, 0.15) is 0 Å². The van der Waals surface area contributed by atoms with Crippen molar-refractivity contribution in [3.05, 3.63) is 101 Å². The first kappa shape index (κ1) is 22.0. The minimum absolute atomic E-state index is 0.0709. The van der Waals surface area contributed by atoms with Gasteiger partial charge in [-0.3, -0.25) is 9.59 Å². The molecule has 2 amide bonds. The van der Waals surface area contributed by atoms with Crippen molar-refractivity contribution >= 4 is 46.4 Å². The second kappa shape index (κ2) is 9.51. The maximum atomic E-state index is 13.3. The summed E-state index contributed by atoms with van der Waals surface area (Å²) in [7, 11) is 0. The third-order valence-electron chi connectivity index (χ3n) is 5.56. The van der Waals surface area contributed by atoms with Gasteiger partial charge in [-0.25, -0.2) is 0 Å². The van der Waals surface area contributed by atoms with E-state index in [4.69, 9.17) is 23.8 Å². The molecule has 1 fully saturated rings. The van der Waals surface area contributed by atoms with E-state index in [1.807, 2.05) is 89.8 Å². The summed E-state index contributed by atoms with van der Waals surface area (Å²) in [5.74, 6) is -0.565. The SMILES string of the molecule is O=C(CC1(c2ccccc2)C(=O)NC(=S)N1CCc1ccc(Cl)cc1)Nc1ccccc1. The first-order valence-corrected chi connectivity index (χ1v) is 11.1. The summed E-state index contributed by atoms with van der Waals surface area (Å²) in [6.45, 7) is 0.465. The summed E-state index contributed by atoms with van der Waals surface area (Å²) in [5, 5.41) is 6.67. The number of amides is 2. The maximum Gasteiger partial charge on any atom is 0.257 e. The Hall–Kier alpha value is -3.22. The van der Waals surface area contributed by atoms with Gasteiger partial charge in [-0.15, -0.1) is 0 Å². The van der Waals surface area contributed by atoms with E-state index in [-0.39, 0.29) is 18.2 Å². The van der Waals surface area contributed by atoms with Gasteiger partial charge >= 0.3 is 0 Å². The second-order valence-corrected chi connectivity index (χ2v) is 8.43. The first-order valence-electron chi connectivity index (χ1n) is 10.3. The van der Waals surface area contributed by atoms with Gasteiger partial charge in [0.2, 0.25) is 5.91 Å². The van der Waals surface area contributed by atoms with Crippen LogP contribution in [-0.2, 0) is 21.5 Å². The van der Waals surface area contributed by atoms with Crippen molar-refractivity contribution in [2.45, 2.75) is 18.4 Å². The number of nitrogens with one attached hydrogen (secondary N) is 2. The summed E-state index contributed by atoms with van der Waals surface area (Å²) in [4.78, 5) is 28.2. The second-order valence-electron chi connectivity index (χ2n) is 7.60. The van der Waals surface area contributed by atoms with Crippen molar-refractivity contribution in [1.29, 1.82) is 0 Å². The molecule has 0 saturated carbocycles. The van der Waals surface area contributed by atoms with Crippen LogP contribution in [-0.4, -0.2) is 28.4 Å². The molecule has 0 aliphatic carbocycles. The average molecular weight is 464 g/mol. The summed E-state index contributed by atoms with van der Waals surface area (Å²) >= 11 is 11.5. The van der Waals surface area contributed by atoms with Crippen molar-refractivity contribution in [1.82, 2.24) is 10.2 Å². The van der Waals surface area contributed by atoms with E-state index in [1.165, 1.54) is 0 Å². The van der Waals surface area contributed by atoms with E-state index in [2.05, 4.69) is 10.6 Å². The van der Waals surface area contributed by atoms with Crippen LogP contribution in [0.15, 0.2) is 84.9 Å². The zero-order valence-electron chi connectivity index (χ0n) is 17.3. The highest BCUT2D eigenvalue weighted by atomic mass is 35.5. The monoisotopic (exact) mass is 463 g/mol. The topological polar surface area (TPSA) is 61.4 Å². The van der Waals surface area contributed by atoms with Crippen LogP contribution in [0.5, 0.6) is 0 Å². The van der Waals surface area contributed by atoms with Crippen LogP contribution in [0.1, 0.15) is 17.5 Å². The Morgan fingerprint density at radius 1 is 0.969 bits per heavy atom. The Morgan fingerprint density at radius 3 is 2.25 bits per heavy atom. The van der Waals surface area contributed by atoms with E-state index in [0.29, 0.717) is 28.8 Å². The third-order valence-corrected chi connectivity index (χ3v) is 6.14. The lowest BCUT2D eigenvalue weighted by molar-refractivity contribution is -0.131. The van der Waals surface area contributed by atoms with Gasteiger partial charge in [-0.1, -0.05) is 72.3 Å². The molecule has 0 radical (unpaired) electrons. The molecule has 3 aromatic carbocycles. The number of carbonyl (C=O) groups is 2. The Morgan fingerprint density at radius 2 is 1.59 bits per heavy atom. The van der Waals surface area contributed by atoms with Gasteiger partial charge in [-0.05, 0) is 54.0 Å². The predicted molar refractivity (Wildman–Crippen MR) is 130 cm³/mol. The lowest BCUT2D eigenvalue weighted by Crippen LogP contribution is -2.50. The van der Waals surface area contributed by atoms with Crippen molar-refractivity contribution in [2.24, 2.45) is 0 Å². The highest BCUT2D eigenvalue weighted by Gasteiger charge is 2.53. The number of nitrogens with zero attached hydrogens (tertiary/aromatic N) is 1. The molecule has 1 atom stereocenters. The largest absolute Gasteiger partial charge is 0.330 e. The van der Waals surface area contributed by atoms with Crippen LogP contribution in [0.4, 0.5) is 5.69 Å². The molecule has 162 valence electrons. The smallest absolute Gasteiger partial charge is 0.257 e. The summed E-state index contributed by atoms with van der Waals surface area (Å²) in [6, 6.07) is 26.1. The number of para-hydroxylation sites is 1. The molecule has 1 aliphatic heterocycles. The maximum absolute atomic E-state index is 13.3. The molecule has 2 N–H and O–H groups in total. The molecule has 0 bridgehead atoms. The van der Waals surface area contributed by atoms with Crippen molar-refractivity contribution in [3.8, 4) is 0 Å². The number of rotatable bonds is 7. The highest BCUT2D eigenvalue weighted by molar-refractivity contribution is 7.80. The molecular formula is C25H22ClN3O2S. The van der Waals surface area contributed by atoms with E-state index in [9.17, 15) is 9.59 Å². The van der Waals surface area contributed by atoms with E-state index in [0.717, 1.165) is 11.1 Å². The number of hydrogen-bond acceptors (Lipinski definition) is 3. The fourth-order valence-electron chi connectivity index (χ4n) is 3.99. The number of halogens is 1. The number of carbonyl (C=O) groups excluding carboxylic acids is 2. The zero-order valence-corrected chi connectivity index (χ0v) is 18.8. The quantitative estimate of drug-likeness (QED) is 0.505. The number of hydrogen-bond donors (Lipinski definition) is 2. The summed E-state index contributed by atoms with van der Waals surface area (Å²) in [6.07, 6.45) is 0.569. The first-order chi connectivity index (χ1) is 15.5. The van der Waals surface area contributed by atoms with Crippen LogP contribution in [0.3, 0.4) is 0 Å².